The predicted molar refractivity (Wildman–Crippen MR) is 78.1 cm³/mol. The summed E-state index contributed by atoms with van der Waals surface area (Å²) in [6, 6.07) is 9.97. The van der Waals surface area contributed by atoms with Crippen molar-refractivity contribution in [2.45, 2.75) is 18.1 Å². The molecule has 0 saturated carbocycles. The van der Waals surface area contributed by atoms with Gasteiger partial charge in [-0.3, -0.25) is 9.59 Å². The number of carboxylic acid groups (broad SMARTS) is 1. The fourth-order valence-electron chi connectivity index (χ4n) is 3.96. The zero-order valence-corrected chi connectivity index (χ0v) is 12.0. The Hall–Kier alpha value is -2.14. The normalized spacial score (nSPS) is 35.2. The van der Waals surface area contributed by atoms with Crippen LogP contribution in [0.2, 0.25) is 0 Å². The van der Waals surface area contributed by atoms with Crippen LogP contribution in [0.1, 0.15) is 5.56 Å². The molecule has 2 saturated heterocycles. The van der Waals surface area contributed by atoms with Crippen LogP contribution in [-0.4, -0.2) is 46.7 Å². The van der Waals surface area contributed by atoms with Gasteiger partial charge >= 0.3 is 5.97 Å². The van der Waals surface area contributed by atoms with E-state index in [-0.39, 0.29) is 5.91 Å². The third kappa shape index (κ3) is 1.82. The number of fused-ring (bicyclic) bond motifs is 1. The van der Waals surface area contributed by atoms with Gasteiger partial charge in [0.1, 0.15) is 11.5 Å². The Balaban J connectivity index is 1.53. The molecule has 22 heavy (non-hydrogen) atoms. The highest BCUT2D eigenvalue weighted by Crippen LogP contribution is 2.51. The molecule has 1 spiro atoms. The molecule has 114 valence electrons. The Morgan fingerprint density at radius 3 is 2.86 bits per heavy atom. The Morgan fingerprint density at radius 1 is 1.36 bits per heavy atom. The van der Waals surface area contributed by atoms with Crippen molar-refractivity contribution in [3.8, 4) is 0 Å². The van der Waals surface area contributed by atoms with Gasteiger partial charge < -0.3 is 14.7 Å². The minimum absolute atomic E-state index is 0.0878. The third-order valence-corrected chi connectivity index (χ3v) is 4.98. The number of hydrogen-bond donors (Lipinski definition) is 1. The van der Waals surface area contributed by atoms with E-state index in [0.717, 1.165) is 6.42 Å². The number of amides is 1. The first-order chi connectivity index (χ1) is 10.6. The lowest BCUT2D eigenvalue weighted by atomic mass is 9.77. The monoisotopic (exact) mass is 299 g/mol. The minimum atomic E-state index is -0.945. The van der Waals surface area contributed by atoms with Crippen molar-refractivity contribution in [2.75, 3.05) is 13.1 Å². The summed E-state index contributed by atoms with van der Waals surface area (Å²) in [7, 11) is 0. The maximum Gasteiger partial charge on any atom is 0.310 e. The lowest BCUT2D eigenvalue weighted by Crippen LogP contribution is -2.39. The molecule has 3 aliphatic heterocycles. The van der Waals surface area contributed by atoms with E-state index in [1.807, 2.05) is 36.4 Å². The summed E-state index contributed by atoms with van der Waals surface area (Å²) in [6.45, 7) is 1.05. The fourth-order valence-corrected chi connectivity index (χ4v) is 3.96. The number of rotatable bonds is 4. The maximum atomic E-state index is 12.7. The lowest BCUT2D eigenvalue weighted by molar-refractivity contribution is -0.148. The molecule has 1 amide bonds. The molecule has 4 rings (SSSR count). The highest BCUT2D eigenvalue weighted by Gasteiger charge is 2.66. The van der Waals surface area contributed by atoms with E-state index in [9.17, 15) is 14.7 Å². The van der Waals surface area contributed by atoms with Crippen molar-refractivity contribution < 1.29 is 19.4 Å². The number of benzene rings is 1. The van der Waals surface area contributed by atoms with Gasteiger partial charge in [-0.2, -0.15) is 0 Å². The first-order valence-electron chi connectivity index (χ1n) is 7.53. The Morgan fingerprint density at radius 2 is 2.14 bits per heavy atom. The van der Waals surface area contributed by atoms with Crippen LogP contribution < -0.4 is 0 Å². The number of likely N-dealkylation sites (tertiary alicyclic amines) is 1. The van der Waals surface area contributed by atoms with Crippen LogP contribution in [0.15, 0.2) is 42.5 Å². The van der Waals surface area contributed by atoms with Gasteiger partial charge in [0.2, 0.25) is 5.91 Å². The van der Waals surface area contributed by atoms with Crippen LogP contribution in [0.4, 0.5) is 0 Å². The number of carboxylic acids is 1. The molecule has 4 atom stereocenters. The molecular formula is C17H17NO4. The van der Waals surface area contributed by atoms with Crippen molar-refractivity contribution in [3.05, 3.63) is 48.0 Å². The minimum Gasteiger partial charge on any atom is -0.481 e. The average molecular weight is 299 g/mol. The molecule has 3 aliphatic rings. The first-order valence-corrected chi connectivity index (χ1v) is 7.53. The standard InChI is InChI=1S/C17H17NO4/c19-15-14-13(16(20)21)12-6-8-17(14,22-12)10-18(15)9-7-11-4-2-1-3-5-11/h1-6,8,12-14H,7,9-10H2,(H,20,21)/t12-,13+,14+,17+/m0/s1. The van der Waals surface area contributed by atoms with Crippen LogP contribution >= 0.6 is 0 Å². The van der Waals surface area contributed by atoms with E-state index >= 15 is 0 Å². The summed E-state index contributed by atoms with van der Waals surface area (Å²) < 4.78 is 5.86. The number of hydrogen-bond acceptors (Lipinski definition) is 3. The topological polar surface area (TPSA) is 66.8 Å². The molecule has 0 unspecified atom stereocenters. The van der Waals surface area contributed by atoms with E-state index < -0.39 is 29.5 Å². The van der Waals surface area contributed by atoms with Gasteiger partial charge in [0, 0.05) is 6.54 Å². The highest BCUT2D eigenvalue weighted by molar-refractivity contribution is 5.90. The number of carbonyl (C=O) groups is 2. The van der Waals surface area contributed by atoms with Gasteiger partial charge in [0.25, 0.3) is 0 Å². The third-order valence-electron chi connectivity index (χ3n) is 4.98. The summed E-state index contributed by atoms with van der Waals surface area (Å²) in [5.74, 6) is -2.36. The Bertz CT molecular complexity index is 656. The summed E-state index contributed by atoms with van der Waals surface area (Å²) in [6.07, 6.45) is 3.99. The van der Waals surface area contributed by atoms with Crippen LogP contribution in [0.25, 0.3) is 0 Å². The smallest absolute Gasteiger partial charge is 0.310 e. The average Bonchev–Trinajstić information content (AvgIpc) is 3.14. The molecule has 0 aliphatic carbocycles. The molecule has 2 bridgehead atoms. The predicted octanol–water partition coefficient (Wildman–Crippen LogP) is 1.10. The summed E-state index contributed by atoms with van der Waals surface area (Å²) in [4.78, 5) is 25.9. The van der Waals surface area contributed by atoms with E-state index in [1.54, 1.807) is 11.0 Å². The second-order valence-corrected chi connectivity index (χ2v) is 6.23. The lowest BCUT2D eigenvalue weighted by Gasteiger charge is -2.21. The molecule has 1 N–H and O–H groups in total. The number of carbonyl (C=O) groups excluding carboxylic acids is 1. The molecule has 2 fully saturated rings. The van der Waals surface area contributed by atoms with E-state index in [2.05, 4.69) is 0 Å². The quantitative estimate of drug-likeness (QED) is 0.845. The van der Waals surface area contributed by atoms with Crippen LogP contribution in [0.3, 0.4) is 0 Å². The Labute approximate surface area is 128 Å². The van der Waals surface area contributed by atoms with Crippen LogP contribution in [0.5, 0.6) is 0 Å². The first kappa shape index (κ1) is 13.5. The summed E-state index contributed by atoms with van der Waals surface area (Å²) in [5.41, 5.74) is 0.446. The molecule has 5 nitrogen and oxygen atoms in total. The number of ether oxygens (including phenoxy) is 1. The Kier molecular flexibility index (Phi) is 2.87. The van der Waals surface area contributed by atoms with Gasteiger partial charge in [0.15, 0.2) is 0 Å². The SMILES string of the molecule is O=C(O)[C@@H]1[C@@H]2C=C[C@]3(CN(CCc4ccccc4)C(=O)[C@@H]13)O2. The molecule has 0 radical (unpaired) electrons. The van der Waals surface area contributed by atoms with Crippen molar-refractivity contribution in [1.82, 2.24) is 4.90 Å². The van der Waals surface area contributed by atoms with E-state index in [0.29, 0.717) is 13.1 Å². The summed E-state index contributed by atoms with van der Waals surface area (Å²) in [5, 5.41) is 9.41. The zero-order chi connectivity index (χ0) is 15.3. The number of nitrogens with zero attached hydrogens (tertiary/aromatic N) is 1. The summed E-state index contributed by atoms with van der Waals surface area (Å²) >= 11 is 0. The van der Waals surface area contributed by atoms with Crippen LogP contribution in [-0.2, 0) is 20.7 Å². The van der Waals surface area contributed by atoms with Crippen LogP contribution in [0, 0.1) is 11.8 Å². The van der Waals surface area contributed by atoms with Crippen molar-refractivity contribution in [1.29, 1.82) is 0 Å². The van der Waals surface area contributed by atoms with Gasteiger partial charge in [-0.1, -0.05) is 42.5 Å². The molecule has 3 heterocycles. The number of aliphatic carboxylic acids is 1. The maximum absolute atomic E-state index is 12.7. The zero-order valence-electron chi connectivity index (χ0n) is 12.0. The molecule has 1 aromatic rings. The van der Waals surface area contributed by atoms with Gasteiger partial charge in [-0.05, 0) is 12.0 Å². The molecule has 0 aromatic heterocycles. The van der Waals surface area contributed by atoms with Crippen molar-refractivity contribution in [2.24, 2.45) is 11.8 Å². The molecular weight excluding hydrogens is 282 g/mol. The fraction of sp³-hybridized carbons (Fsp3) is 0.412. The highest BCUT2D eigenvalue weighted by atomic mass is 16.5. The van der Waals surface area contributed by atoms with Gasteiger partial charge in [-0.15, -0.1) is 0 Å². The van der Waals surface area contributed by atoms with E-state index in [1.165, 1.54) is 5.56 Å². The van der Waals surface area contributed by atoms with Crippen molar-refractivity contribution in [3.63, 3.8) is 0 Å². The van der Waals surface area contributed by atoms with Crippen molar-refractivity contribution >= 4 is 11.9 Å². The molecule has 1 aromatic carbocycles. The van der Waals surface area contributed by atoms with Gasteiger partial charge in [-0.25, -0.2) is 0 Å². The second-order valence-electron chi connectivity index (χ2n) is 6.23. The largest absolute Gasteiger partial charge is 0.481 e. The second kappa shape index (κ2) is 4.68. The van der Waals surface area contributed by atoms with Gasteiger partial charge in [0.05, 0.1) is 18.6 Å². The van der Waals surface area contributed by atoms with E-state index in [4.69, 9.17) is 4.74 Å². The molecule has 5 heteroatoms.